The Morgan fingerprint density at radius 3 is 2.83 bits per heavy atom. The molecule has 1 aliphatic rings. The van der Waals surface area contributed by atoms with Crippen LogP contribution in [0, 0.1) is 0 Å². The molecule has 8 heteroatoms. The number of rotatable bonds is 6. The maximum absolute atomic E-state index is 12.5. The molecule has 0 saturated carbocycles. The van der Waals surface area contributed by atoms with Crippen LogP contribution in [-0.4, -0.2) is 35.0 Å². The van der Waals surface area contributed by atoms with Crippen LogP contribution < -0.4 is 5.32 Å². The Hall–Kier alpha value is -2.45. The predicted molar refractivity (Wildman–Crippen MR) is 122 cm³/mol. The summed E-state index contributed by atoms with van der Waals surface area (Å²) in [6.07, 6.45) is 2.79. The number of thiazole rings is 1. The molecule has 0 atom stereocenters. The number of carbonyl (C=O) groups excluding carboxylic acids is 2. The van der Waals surface area contributed by atoms with Crippen molar-refractivity contribution in [2.75, 3.05) is 18.5 Å². The van der Waals surface area contributed by atoms with Crippen molar-refractivity contribution in [1.82, 2.24) is 9.88 Å². The van der Waals surface area contributed by atoms with Crippen LogP contribution in [-0.2, 0) is 22.5 Å². The van der Waals surface area contributed by atoms with E-state index in [4.69, 9.17) is 9.72 Å². The maximum atomic E-state index is 12.5. The number of carbonyl (C=O) groups is 2. The van der Waals surface area contributed by atoms with Gasteiger partial charge in [0.2, 0.25) is 5.91 Å². The largest absolute Gasteiger partial charge is 0.450 e. The number of nitrogens with zero attached hydrogens (tertiary/aromatic N) is 2. The Labute approximate surface area is 183 Å². The normalized spacial score (nSPS) is 13.3. The van der Waals surface area contributed by atoms with Gasteiger partial charge in [0.15, 0.2) is 0 Å². The van der Waals surface area contributed by atoms with Crippen LogP contribution in [0.4, 0.5) is 9.80 Å². The van der Waals surface area contributed by atoms with Crippen molar-refractivity contribution in [1.29, 1.82) is 0 Å². The molecule has 2 amide bonds. The van der Waals surface area contributed by atoms with E-state index >= 15 is 0 Å². The van der Waals surface area contributed by atoms with Gasteiger partial charge in [0.1, 0.15) is 10.0 Å². The van der Waals surface area contributed by atoms with Crippen molar-refractivity contribution in [3.63, 3.8) is 0 Å². The van der Waals surface area contributed by atoms with E-state index in [9.17, 15) is 9.59 Å². The summed E-state index contributed by atoms with van der Waals surface area (Å²) in [6.45, 7) is 5.36. The fraction of sp³-hybridized carbons (Fsp3) is 0.409. The van der Waals surface area contributed by atoms with Gasteiger partial charge in [-0.1, -0.05) is 25.5 Å². The third-order valence-corrected chi connectivity index (χ3v) is 7.29. The fourth-order valence-electron chi connectivity index (χ4n) is 3.59. The zero-order chi connectivity index (χ0) is 21.1. The van der Waals surface area contributed by atoms with Crippen molar-refractivity contribution >= 4 is 49.9 Å². The van der Waals surface area contributed by atoms with Crippen LogP contribution in [0.1, 0.15) is 43.6 Å². The molecule has 30 heavy (non-hydrogen) atoms. The molecule has 0 aliphatic carbocycles. The van der Waals surface area contributed by atoms with Gasteiger partial charge < -0.3 is 15.0 Å². The van der Waals surface area contributed by atoms with Crippen LogP contribution >= 0.6 is 22.7 Å². The standard InChI is InChI=1S/C22H25N3O3S2/c1-3-5-10-18(26)24-21-19(20-23-15-8-6-7-9-16(15)29-20)14-11-12-25(13-17(14)30-21)22(27)28-4-2/h6-9H,3-5,10-13H2,1-2H3,(H,24,26). The van der Waals surface area contributed by atoms with Gasteiger partial charge in [0.05, 0.1) is 23.4 Å². The lowest BCUT2D eigenvalue weighted by atomic mass is 10.0. The number of fused-ring (bicyclic) bond motifs is 2. The Balaban J connectivity index is 1.71. The maximum Gasteiger partial charge on any atom is 0.410 e. The van der Waals surface area contributed by atoms with Crippen molar-refractivity contribution in [3.8, 4) is 10.6 Å². The van der Waals surface area contributed by atoms with E-state index in [0.717, 1.165) is 49.9 Å². The van der Waals surface area contributed by atoms with Gasteiger partial charge in [-0.2, -0.15) is 0 Å². The van der Waals surface area contributed by atoms with Crippen molar-refractivity contribution in [3.05, 3.63) is 34.7 Å². The van der Waals surface area contributed by atoms with Crippen LogP contribution in [0.3, 0.4) is 0 Å². The van der Waals surface area contributed by atoms with Crippen LogP contribution in [0.5, 0.6) is 0 Å². The van der Waals surface area contributed by atoms with Gasteiger partial charge in [-0.3, -0.25) is 4.79 Å². The summed E-state index contributed by atoms with van der Waals surface area (Å²) in [4.78, 5) is 32.4. The molecule has 3 aromatic rings. The number of para-hydroxylation sites is 1. The van der Waals surface area contributed by atoms with Crippen LogP contribution in [0.25, 0.3) is 20.8 Å². The highest BCUT2D eigenvalue weighted by Gasteiger charge is 2.29. The number of unbranched alkanes of at least 4 members (excludes halogenated alkanes) is 1. The Bertz CT molecular complexity index is 1040. The van der Waals surface area contributed by atoms with E-state index in [2.05, 4.69) is 18.3 Å². The minimum absolute atomic E-state index is 0.0278. The zero-order valence-corrected chi connectivity index (χ0v) is 18.8. The van der Waals surface area contributed by atoms with E-state index in [1.54, 1.807) is 27.6 Å². The molecule has 0 bridgehead atoms. The second kappa shape index (κ2) is 9.14. The van der Waals surface area contributed by atoms with E-state index < -0.39 is 0 Å². The molecule has 0 radical (unpaired) electrons. The number of benzene rings is 1. The third-order valence-electron chi connectivity index (χ3n) is 5.10. The van der Waals surface area contributed by atoms with E-state index in [1.807, 2.05) is 25.1 Å². The predicted octanol–water partition coefficient (Wildman–Crippen LogP) is 5.67. The third kappa shape index (κ3) is 4.20. The van der Waals surface area contributed by atoms with Gasteiger partial charge in [-0.25, -0.2) is 9.78 Å². The minimum Gasteiger partial charge on any atom is -0.450 e. The topological polar surface area (TPSA) is 71.5 Å². The first-order chi connectivity index (χ1) is 14.6. The van der Waals surface area contributed by atoms with E-state index in [1.165, 1.54) is 5.56 Å². The monoisotopic (exact) mass is 443 g/mol. The molecule has 2 aromatic heterocycles. The molecule has 1 aromatic carbocycles. The molecule has 4 rings (SSSR count). The summed E-state index contributed by atoms with van der Waals surface area (Å²) < 4.78 is 6.30. The van der Waals surface area contributed by atoms with Gasteiger partial charge >= 0.3 is 6.09 Å². The molecule has 1 aliphatic heterocycles. The van der Waals surface area contributed by atoms with E-state index in [0.29, 0.717) is 26.1 Å². The SMILES string of the molecule is CCCCC(=O)Nc1sc2c(c1-c1nc3ccccc3s1)CCN(C(=O)OCC)C2. The average Bonchev–Trinajstić information content (AvgIpc) is 3.32. The number of aromatic nitrogens is 1. The summed E-state index contributed by atoms with van der Waals surface area (Å²) in [5.74, 6) is 0.0278. The van der Waals surface area contributed by atoms with Gasteiger partial charge in [0.25, 0.3) is 0 Å². The highest BCUT2D eigenvalue weighted by molar-refractivity contribution is 7.22. The molecule has 1 N–H and O–H groups in total. The molecule has 0 spiro atoms. The number of hydrogen-bond donors (Lipinski definition) is 1. The molecule has 0 saturated heterocycles. The Kier molecular flexibility index (Phi) is 6.34. The molecule has 0 unspecified atom stereocenters. The lowest BCUT2D eigenvalue weighted by Crippen LogP contribution is -2.35. The molecule has 0 fully saturated rings. The lowest BCUT2D eigenvalue weighted by molar-refractivity contribution is -0.116. The number of thiophene rings is 1. The quantitative estimate of drug-likeness (QED) is 0.533. The van der Waals surface area contributed by atoms with E-state index in [-0.39, 0.29) is 12.0 Å². The lowest BCUT2D eigenvalue weighted by Gasteiger charge is -2.26. The van der Waals surface area contributed by atoms with Gasteiger partial charge in [-0.05, 0) is 37.5 Å². The van der Waals surface area contributed by atoms with Crippen molar-refractivity contribution < 1.29 is 14.3 Å². The molecule has 3 heterocycles. The smallest absolute Gasteiger partial charge is 0.410 e. The summed E-state index contributed by atoms with van der Waals surface area (Å²) in [5.41, 5.74) is 3.17. The number of anilines is 1. The Morgan fingerprint density at radius 2 is 2.07 bits per heavy atom. The van der Waals surface area contributed by atoms with Gasteiger partial charge in [-0.15, -0.1) is 22.7 Å². The first-order valence-corrected chi connectivity index (χ1v) is 12.0. The highest BCUT2D eigenvalue weighted by Crippen LogP contribution is 2.45. The van der Waals surface area contributed by atoms with Crippen molar-refractivity contribution in [2.24, 2.45) is 0 Å². The number of nitrogens with one attached hydrogen (secondary N) is 1. The first-order valence-electron chi connectivity index (χ1n) is 10.3. The Morgan fingerprint density at radius 1 is 1.23 bits per heavy atom. The van der Waals surface area contributed by atoms with Gasteiger partial charge in [0, 0.05) is 23.4 Å². The summed E-state index contributed by atoms with van der Waals surface area (Å²) in [6, 6.07) is 8.07. The second-order valence-corrected chi connectivity index (χ2v) is 9.35. The highest BCUT2D eigenvalue weighted by atomic mass is 32.1. The number of hydrogen-bond acceptors (Lipinski definition) is 6. The summed E-state index contributed by atoms with van der Waals surface area (Å²) in [7, 11) is 0. The first kappa shape index (κ1) is 20.8. The number of ether oxygens (including phenoxy) is 1. The van der Waals surface area contributed by atoms with Crippen LogP contribution in [0.15, 0.2) is 24.3 Å². The van der Waals surface area contributed by atoms with Crippen molar-refractivity contribution in [2.45, 2.75) is 46.1 Å². The second-order valence-electron chi connectivity index (χ2n) is 7.22. The zero-order valence-electron chi connectivity index (χ0n) is 17.2. The molecule has 6 nitrogen and oxygen atoms in total. The minimum atomic E-state index is -0.286. The fourth-order valence-corrected chi connectivity index (χ4v) is 5.98. The molecule has 158 valence electrons. The molecular formula is C22H25N3O3S2. The molecular weight excluding hydrogens is 418 g/mol. The number of amides is 2. The van der Waals surface area contributed by atoms with Crippen LogP contribution in [0.2, 0.25) is 0 Å². The summed E-state index contributed by atoms with van der Waals surface area (Å²) in [5, 5.41) is 4.89. The summed E-state index contributed by atoms with van der Waals surface area (Å²) >= 11 is 3.19. The average molecular weight is 444 g/mol.